The highest BCUT2D eigenvalue weighted by molar-refractivity contribution is 5.25. The van der Waals surface area contributed by atoms with E-state index in [2.05, 4.69) is 47.6 Å². The minimum atomic E-state index is 0.436. The van der Waals surface area contributed by atoms with Gasteiger partial charge in [0.05, 0.1) is 6.10 Å². The van der Waals surface area contributed by atoms with Gasteiger partial charge in [-0.3, -0.25) is 0 Å². The molecule has 2 heteroatoms. The van der Waals surface area contributed by atoms with Crippen LogP contribution in [-0.2, 0) is 9.47 Å². The number of fused-ring (bicyclic) bond motifs is 5. The van der Waals surface area contributed by atoms with Gasteiger partial charge >= 0.3 is 0 Å². The molecule has 4 aliphatic rings. The van der Waals surface area contributed by atoms with Crippen molar-refractivity contribution in [2.75, 3.05) is 20.3 Å². The predicted molar refractivity (Wildman–Crippen MR) is 148 cm³/mol. The van der Waals surface area contributed by atoms with Crippen LogP contribution in [0.5, 0.6) is 0 Å². The van der Waals surface area contributed by atoms with Crippen LogP contribution in [0.4, 0.5) is 0 Å². The fourth-order valence-electron chi connectivity index (χ4n) is 9.89. The Hall–Kier alpha value is -0.340. The number of allylic oxidation sites excluding steroid dienone is 1. The van der Waals surface area contributed by atoms with Crippen molar-refractivity contribution in [2.45, 2.75) is 125 Å². The second-order valence-corrected chi connectivity index (χ2v) is 14.0. The average Bonchev–Trinajstić information content (AvgIpc) is 3.19. The number of methoxy groups -OCH3 is 1. The molecule has 0 aliphatic heterocycles. The first-order valence-corrected chi connectivity index (χ1v) is 15.5. The van der Waals surface area contributed by atoms with Gasteiger partial charge in [-0.05, 0) is 116 Å². The zero-order chi connectivity index (χ0) is 25.2. The molecule has 0 radical (unpaired) electrons. The maximum atomic E-state index is 6.28. The Bertz CT molecular complexity index is 712. The number of rotatable bonds is 11. The molecule has 4 rings (SSSR count). The van der Waals surface area contributed by atoms with Crippen LogP contribution in [-0.4, -0.2) is 26.4 Å². The third kappa shape index (κ3) is 5.45. The van der Waals surface area contributed by atoms with Crippen LogP contribution in [0, 0.1) is 52.3 Å². The lowest BCUT2D eigenvalue weighted by Gasteiger charge is -2.58. The van der Waals surface area contributed by atoms with Gasteiger partial charge in [0.2, 0.25) is 0 Å². The largest absolute Gasteiger partial charge is 0.385 e. The Morgan fingerprint density at radius 1 is 0.971 bits per heavy atom. The molecule has 35 heavy (non-hydrogen) atoms. The quantitative estimate of drug-likeness (QED) is 0.214. The Morgan fingerprint density at radius 3 is 2.49 bits per heavy atom. The van der Waals surface area contributed by atoms with E-state index in [1.807, 2.05) is 0 Å². The van der Waals surface area contributed by atoms with E-state index in [-0.39, 0.29) is 0 Å². The molecule has 3 saturated carbocycles. The number of hydrogen-bond donors (Lipinski definition) is 0. The van der Waals surface area contributed by atoms with Crippen LogP contribution in [0.3, 0.4) is 0 Å². The molecule has 202 valence electrons. The number of hydrogen-bond acceptors (Lipinski definition) is 2. The van der Waals surface area contributed by atoms with E-state index >= 15 is 0 Å². The van der Waals surface area contributed by atoms with Gasteiger partial charge in [-0.15, -0.1) is 0 Å². The fraction of sp³-hybridized carbons (Fsp3) is 0.939. The molecule has 0 saturated heterocycles. The van der Waals surface area contributed by atoms with E-state index in [0.717, 1.165) is 61.1 Å². The molecule has 9 unspecified atom stereocenters. The molecule has 0 heterocycles. The van der Waals surface area contributed by atoms with Crippen molar-refractivity contribution >= 4 is 0 Å². The van der Waals surface area contributed by atoms with E-state index in [1.165, 1.54) is 70.6 Å². The average molecular weight is 487 g/mol. The maximum absolute atomic E-state index is 6.28. The third-order valence-electron chi connectivity index (χ3n) is 12.1. The van der Waals surface area contributed by atoms with Gasteiger partial charge in [0.1, 0.15) is 0 Å². The summed E-state index contributed by atoms with van der Waals surface area (Å²) in [6, 6.07) is 0. The SMILES string of the molecule is CCC(CCC(C)C1CCC2C3CC=C4CC(OCCCOC)CCC4(C)C3CCC12C)C(C)C. The number of ether oxygens (including phenoxy) is 2. The summed E-state index contributed by atoms with van der Waals surface area (Å²) in [5.41, 5.74) is 2.78. The van der Waals surface area contributed by atoms with Crippen molar-refractivity contribution in [1.82, 2.24) is 0 Å². The van der Waals surface area contributed by atoms with Gasteiger partial charge in [0.15, 0.2) is 0 Å². The van der Waals surface area contributed by atoms with E-state index < -0.39 is 0 Å². The van der Waals surface area contributed by atoms with Crippen LogP contribution in [0.2, 0.25) is 0 Å². The Morgan fingerprint density at radius 2 is 1.77 bits per heavy atom. The van der Waals surface area contributed by atoms with E-state index in [0.29, 0.717) is 16.9 Å². The van der Waals surface area contributed by atoms with Crippen molar-refractivity contribution in [1.29, 1.82) is 0 Å². The third-order valence-corrected chi connectivity index (χ3v) is 12.1. The van der Waals surface area contributed by atoms with Crippen LogP contribution < -0.4 is 0 Å². The second kappa shape index (κ2) is 11.6. The molecule has 0 aromatic carbocycles. The lowest BCUT2D eigenvalue weighted by Crippen LogP contribution is -2.51. The first-order chi connectivity index (χ1) is 16.7. The van der Waals surface area contributed by atoms with Gasteiger partial charge in [0, 0.05) is 20.3 Å². The molecule has 0 spiro atoms. The highest BCUT2D eigenvalue weighted by atomic mass is 16.5. The molecule has 3 fully saturated rings. The van der Waals surface area contributed by atoms with Crippen LogP contribution in [0.1, 0.15) is 119 Å². The molecular formula is C33H58O2. The molecule has 0 aromatic heterocycles. The Labute approximate surface area is 218 Å². The fourth-order valence-corrected chi connectivity index (χ4v) is 9.89. The zero-order valence-corrected chi connectivity index (χ0v) is 24.4. The lowest BCUT2D eigenvalue weighted by molar-refractivity contribution is -0.0648. The standard InChI is InChI=1S/C33H58O2/c1-8-25(23(2)3)11-10-24(4)29-14-15-30-28-13-12-26-22-27(35-21-9-20-34-7)16-18-32(26,5)31(28)17-19-33(29,30)6/h12,23-25,27-31H,8-11,13-22H2,1-7H3. The summed E-state index contributed by atoms with van der Waals surface area (Å²) in [4.78, 5) is 0. The van der Waals surface area contributed by atoms with E-state index in [4.69, 9.17) is 9.47 Å². The van der Waals surface area contributed by atoms with Gasteiger partial charge in [-0.25, -0.2) is 0 Å². The second-order valence-electron chi connectivity index (χ2n) is 14.0. The molecular weight excluding hydrogens is 428 g/mol. The van der Waals surface area contributed by atoms with Crippen molar-refractivity contribution in [3.05, 3.63) is 11.6 Å². The Kier molecular flexibility index (Phi) is 9.17. The molecule has 0 bridgehead atoms. The molecule has 2 nitrogen and oxygen atoms in total. The van der Waals surface area contributed by atoms with Crippen LogP contribution in [0.15, 0.2) is 11.6 Å². The zero-order valence-electron chi connectivity index (χ0n) is 24.4. The molecule has 9 atom stereocenters. The van der Waals surface area contributed by atoms with E-state index in [1.54, 1.807) is 12.7 Å². The van der Waals surface area contributed by atoms with Gasteiger partial charge in [0.25, 0.3) is 0 Å². The van der Waals surface area contributed by atoms with E-state index in [9.17, 15) is 0 Å². The summed E-state index contributed by atoms with van der Waals surface area (Å²) in [6.07, 6.45) is 19.5. The van der Waals surface area contributed by atoms with Crippen molar-refractivity contribution in [3.8, 4) is 0 Å². The Balaban J connectivity index is 1.40. The van der Waals surface area contributed by atoms with Crippen molar-refractivity contribution in [3.63, 3.8) is 0 Å². The molecule has 0 amide bonds. The molecule has 0 aromatic rings. The van der Waals surface area contributed by atoms with Crippen molar-refractivity contribution < 1.29 is 9.47 Å². The normalized spacial score (nSPS) is 40.6. The van der Waals surface area contributed by atoms with Crippen LogP contribution >= 0.6 is 0 Å². The first-order valence-electron chi connectivity index (χ1n) is 15.5. The topological polar surface area (TPSA) is 18.5 Å². The monoisotopic (exact) mass is 486 g/mol. The predicted octanol–water partition coefficient (Wildman–Crippen LogP) is 9.09. The summed E-state index contributed by atoms with van der Waals surface area (Å²) in [5, 5.41) is 0. The summed E-state index contributed by atoms with van der Waals surface area (Å²) in [5.74, 6) is 6.40. The smallest absolute Gasteiger partial charge is 0.0612 e. The summed E-state index contributed by atoms with van der Waals surface area (Å²) in [6.45, 7) is 16.9. The lowest BCUT2D eigenvalue weighted by atomic mass is 9.47. The molecule has 4 aliphatic carbocycles. The van der Waals surface area contributed by atoms with Crippen LogP contribution in [0.25, 0.3) is 0 Å². The van der Waals surface area contributed by atoms with Crippen molar-refractivity contribution in [2.24, 2.45) is 52.3 Å². The minimum Gasteiger partial charge on any atom is -0.385 e. The first kappa shape index (κ1) is 27.7. The maximum Gasteiger partial charge on any atom is 0.0612 e. The highest BCUT2D eigenvalue weighted by Gasteiger charge is 2.59. The molecule has 0 N–H and O–H groups in total. The van der Waals surface area contributed by atoms with Gasteiger partial charge in [-0.1, -0.05) is 66.0 Å². The summed E-state index contributed by atoms with van der Waals surface area (Å²) < 4.78 is 11.5. The summed E-state index contributed by atoms with van der Waals surface area (Å²) in [7, 11) is 1.78. The highest BCUT2D eigenvalue weighted by Crippen LogP contribution is 2.67. The van der Waals surface area contributed by atoms with Gasteiger partial charge in [-0.2, -0.15) is 0 Å². The summed E-state index contributed by atoms with van der Waals surface area (Å²) >= 11 is 0. The van der Waals surface area contributed by atoms with Gasteiger partial charge < -0.3 is 9.47 Å². The minimum absolute atomic E-state index is 0.436.